The van der Waals surface area contributed by atoms with E-state index in [0.29, 0.717) is 136 Å². The third-order valence-electron chi connectivity index (χ3n) is 13.1. The van der Waals surface area contributed by atoms with Gasteiger partial charge in [-0.2, -0.15) is 10.2 Å². The van der Waals surface area contributed by atoms with Crippen LogP contribution in [0.2, 0.25) is 20.1 Å². The number of hydrogen-bond donors (Lipinski definition) is 8. The summed E-state index contributed by atoms with van der Waals surface area (Å²) in [6, 6.07) is 23.7. The molecule has 2 atom stereocenters. The lowest BCUT2D eigenvalue weighted by atomic mass is 9.84. The van der Waals surface area contributed by atoms with Crippen molar-refractivity contribution in [1.29, 1.82) is 0 Å². The fraction of sp³-hybridized carbons (Fsp3) is 0.429. The number of H-pyrrole nitrogens is 2. The van der Waals surface area contributed by atoms with Gasteiger partial charge in [-0.25, -0.2) is 19.6 Å². The van der Waals surface area contributed by atoms with Crippen molar-refractivity contribution in [1.82, 2.24) is 61.4 Å². The van der Waals surface area contributed by atoms with Crippen molar-refractivity contribution in [3.8, 4) is 22.8 Å². The lowest BCUT2D eigenvalue weighted by Gasteiger charge is -2.33. The van der Waals surface area contributed by atoms with E-state index in [1.807, 2.05) is 48.5 Å². The van der Waals surface area contributed by atoms with Gasteiger partial charge >= 0.3 is 12.1 Å². The first-order valence-corrected chi connectivity index (χ1v) is 28.2. The second-order valence-electron chi connectivity index (χ2n) is 19.1. The Morgan fingerprint density at radius 1 is 0.573 bits per heavy atom. The van der Waals surface area contributed by atoms with Gasteiger partial charge < -0.3 is 60.2 Å². The zero-order valence-electron chi connectivity index (χ0n) is 45.7. The Kier molecular flexibility index (Phi) is 27.5. The van der Waals surface area contributed by atoms with Crippen molar-refractivity contribution in [3.05, 3.63) is 138 Å². The maximum Gasteiger partial charge on any atom is 0.314 e. The summed E-state index contributed by atoms with van der Waals surface area (Å²) in [6.07, 6.45) is 2.56. The number of unbranched alkanes of at least 4 members (excludes halogenated alkanes) is 1. The van der Waals surface area contributed by atoms with Crippen molar-refractivity contribution in [2.75, 3.05) is 106 Å². The summed E-state index contributed by atoms with van der Waals surface area (Å²) in [5, 5.41) is 42.6. The van der Waals surface area contributed by atoms with Crippen molar-refractivity contribution < 1.29 is 48.3 Å². The molecule has 4 aromatic carbocycles. The molecule has 0 radical (unpaired) electrons. The van der Waals surface area contributed by atoms with E-state index >= 15 is 0 Å². The van der Waals surface area contributed by atoms with Crippen LogP contribution in [-0.4, -0.2) is 182 Å². The molecular weight excluding hydrogens is 1140 g/mol. The molecule has 2 aliphatic heterocycles. The van der Waals surface area contributed by atoms with E-state index in [2.05, 4.69) is 89.8 Å². The largest absolute Gasteiger partial charge is 0.483 e. The Balaban J connectivity index is 0.00000173. The highest BCUT2D eigenvalue weighted by atomic mass is 35.5. The summed E-state index contributed by atoms with van der Waals surface area (Å²) in [4.78, 5) is 55.0. The molecule has 22 nitrogen and oxygen atoms in total. The highest BCUT2D eigenvalue weighted by Gasteiger charge is 2.29. The minimum absolute atomic E-state index is 0.120. The van der Waals surface area contributed by atoms with E-state index in [0.717, 1.165) is 82.3 Å². The number of nitrogens with one attached hydrogen (secondary N) is 6. The molecule has 26 heteroatoms. The molecule has 0 bridgehead atoms. The molecule has 8 rings (SSSR count). The number of amides is 4. The minimum Gasteiger partial charge on any atom is -0.483 e. The molecular formula is C56H70Cl4N12O10. The standard InChI is InChI=1S/C54H66Cl4N12O6.2CH2O2/c1-69-31-43(41-27-39(55)29-47(57)45(41)33-69)35-7-5-9-37(25-35)51-63-49(65-67-51)11-17-73-21-23-75-19-15-61-53(71)59-13-3-4-14-60-54(72)62-16-20-76-24-22-74-18-12-50-64-52(68-66-50)38-10-6-8-36(26-38)44-32-70(2)34-46-42(44)28-40(56)30-48(46)58;2*2-1-3/h5-10,25-30,43-44H,3-4,11-24,31-34H2,1-2H3,(H2,59,61,71)(H2,60,62,72)(H,63,65,67)(H,64,66,68);2*1H,(H,2,3)/t43-,44-;;/m0../s1. The molecule has 0 saturated carbocycles. The number of urea groups is 2. The monoisotopic (exact) mass is 1210 g/mol. The molecule has 0 saturated heterocycles. The number of carbonyl (C=O) groups excluding carboxylic acids is 2. The van der Waals surface area contributed by atoms with Crippen LogP contribution in [0, 0.1) is 0 Å². The first-order valence-electron chi connectivity index (χ1n) is 26.7. The quantitative estimate of drug-likeness (QED) is 0.0181. The summed E-state index contributed by atoms with van der Waals surface area (Å²) in [7, 11) is 4.19. The third-order valence-corrected chi connectivity index (χ3v) is 14.2. The SMILES string of the molecule is CN1Cc2c(Cl)cc(Cl)cc2[C@H](c2cccc(-c3n[nH]c(CCOCCOCCNC(=O)NCCCCNC(=O)NCCOCCOCCc4nc(-c5cccc([C@@H]6CN(C)Cc7c(Cl)cc(Cl)cc76)c5)n[nH]4)n3)c2)C1.O=CO.O=CO. The molecule has 82 heavy (non-hydrogen) atoms. The molecule has 4 amide bonds. The Morgan fingerprint density at radius 2 is 0.951 bits per heavy atom. The summed E-state index contributed by atoms with van der Waals surface area (Å²) < 4.78 is 22.7. The van der Waals surface area contributed by atoms with Crippen LogP contribution in [0.3, 0.4) is 0 Å². The van der Waals surface area contributed by atoms with E-state index in [9.17, 15) is 9.59 Å². The Morgan fingerprint density at radius 3 is 1.35 bits per heavy atom. The molecule has 2 aliphatic rings. The van der Waals surface area contributed by atoms with Crippen molar-refractivity contribution in [2.24, 2.45) is 0 Å². The number of hydrogen-bond acceptors (Lipinski definition) is 14. The lowest BCUT2D eigenvalue weighted by Crippen LogP contribution is -2.39. The lowest BCUT2D eigenvalue weighted by molar-refractivity contribution is -0.123. The van der Waals surface area contributed by atoms with Crippen LogP contribution < -0.4 is 21.3 Å². The molecule has 4 heterocycles. The Hall–Kier alpha value is -6.44. The first-order chi connectivity index (χ1) is 39.8. The number of rotatable bonds is 27. The van der Waals surface area contributed by atoms with Gasteiger partial charge in [0.25, 0.3) is 12.9 Å². The van der Waals surface area contributed by atoms with Gasteiger partial charge in [0.05, 0.1) is 52.9 Å². The molecule has 8 N–H and O–H groups in total. The van der Waals surface area contributed by atoms with Crippen LogP contribution in [0.1, 0.15) is 69.7 Å². The zero-order valence-corrected chi connectivity index (χ0v) is 48.8. The van der Waals surface area contributed by atoms with Crippen molar-refractivity contribution >= 4 is 71.4 Å². The topological polar surface area (TPSA) is 283 Å². The number of carboxylic acid groups (broad SMARTS) is 2. The first kappa shape index (κ1) is 64.7. The van der Waals surface area contributed by atoms with Gasteiger partial charge in [-0.15, -0.1) is 0 Å². The smallest absolute Gasteiger partial charge is 0.314 e. The highest BCUT2D eigenvalue weighted by molar-refractivity contribution is 6.35. The second kappa shape index (κ2) is 34.9. The third kappa shape index (κ3) is 20.8. The number of benzene rings is 4. The predicted octanol–water partition coefficient (Wildman–Crippen LogP) is 7.66. The van der Waals surface area contributed by atoms with Crippen LogP contribution in [0.4, 0.5) is 9.59 Å². The number of aromatic nitrogens is 6. The number of aromatic amines is 2. The van der Waals surface area contributed by atoms with E-state index in [-0.39, 0.29) is 36.8 Å². The van der Waals surface area contributed by atoms with Gasteiger partial charge in [-0.3, -0.25) is 19.8 Å². The molecule has 0 fully saturated rings. The van der Waals surface area contributed by atoms with Crippen LogP contribution >= 0.6 is 46.4 Å². The Labute approximate surface area is 496 Å². The average molecular weight is 1210 g/mol. The van der Waals surface area contributed by atoms with Crippen molar-refractivity contribution in [2.45, 2.75) is 50.6 Å². The van der Waals surface area contributed by atoms with E-state index in [1.165, 1.54) is 0 Å². The fourth-order valence-electron chi connectivity index (χ4n) is 9.36. The van der Waals surface area contributed by atoms with Gasteiger partial charge in [0.15, 0.2) is 11.6 Å². The number of ether oxygens (including phenoxy) is 4. The summed E-state index contributed by atoms with van der Waals surface area (Å²) in [5.41, 5.74) is 8.68. The fourth-order valence-corrected chi connectivity index (χ4v) is 10.5. The maximum absolute atomic E-state index is 12.2. The molecule has 0 spiro atoms. The number of carbonyl (C=O) groups is 4. The number of halogens is 4. The average Bonchev–Trinajstić information content (AvgIpc) is 4.23. The molecule has 0 unspecified atom stereocenters. The molecule has 6 aromatic rings. The van der Waals surface area contributed by atoms with Gasteiger partial charge in [-0.1, -0.05) is 82.8 Å². The van der Waals surface area contributed by atoms with Gasteiger partial charge in [0, 0.05) is 108 Å². The van der Waals surface area contributed by atoms with E-state index < -0.39 is 0 Å². The Bertz CT molecular complexity index is 2780. The number of nitrogens with zero attached hydrogens (tertiary/aromatic N) is 6. The highest BCUT2D eigenvalue weighted by Crippen LogP contribution is 2.41. The number of likely N-dealkylation sites (N-methyl/N-ethyl adjacent to an activating group) is 2. The molecule has 0 aliphatic carbocycles. The summed E-state index contributed by atoms with van der Waals surface area (Å²) in [6.45, 7) is 7.68. The van der Waals surface area contributed by atoms with Gasteiger partial charge in [0.1, 0.15) is 11.6 Å². The zero-order chi connectivity index (χ0) is 58.6. The second-order valence-corrected chi connectivity index (χ2v) is 20.8. The molecule has 442 valence electrons. The normalized spacial score (nSPS) is 14.7. The van der Waals surface area contributed by atoms with Crippen LogP contribution in [0.15, 0.2) is 72.8 Å². The van der Waals surface area contributed by atoms with Crippen LogP contribution in [-0.2, 0) is 54.5 Å². The van der Waals surface area contributed by atoms with Crippen molar-refractivity contribution in [3.63, 3.8) is 0 Å². The predicted molar refractivity (Wildman–Crippen MR) is 313 cm³/mol. The maximum atomic E-state index is 12.2. The van der Waals surface area contributed by atoms with Crippen LogP contribution in [0.5, 0.6) is 0 Å². The van der Waals surface area contributed by atoms with E-state index in [4.69, 9.17) is 95.1 Å². The molecule has 2 aromatic heterocycles. The summed E-state index contributed by atoms with van der Waals surface area (Å²) in [5.74, 6) is 2.96. The van der Waals surface area contributed by atoms with Gasteiger partial charge in [-0.05, 0) is 96.7 Å². The van der Waals surface area contributed by atoms with Gasteiger partial charge in [0.2, 0.25) is 0 Å². The summed E-state index contributed by atoms with van der Waals surface area (Å²) >= 11 is 26.0. The van der Waals surface area contributed by atoms with Crippen LogP contribution in [0.25, 0.3) is 22.8 Å². The van der Waals surface area contributed by atoms with E-state index in [1.54, 1.807) is 0 Å². The number of fused-ring (bicyclic) bond motifs is 2. The minimum atomic E-state index is -0.272.